The maximum absolute atomic E-state index is 12.1. The number of fused-ring (bicyclic) bond motifs is 1. The van der Waals surface area contributed by atoms with Crippen LogP contribution in [-0.2, 0) is 6.54 Å². The third-order valence-corrected chi connectivity index (χ3v) is 5.44. The molecule has 0 amide bonds. The molecule has 3 heterocycles. The Hall–Kier alpha value is -2.28. The molecule has 5 nitrogen and oxygen atoms in total. The lowest BCUT2D eigenvalue weighted by atomic mass is 10.2. The second-order valence-electron chi connectivity index (χ2n) is 6.53. The van der Waals surface area contributed by atoms with Gasteiger partial charge < -0.3 is 0 Å². The van der Waals surface area contributed by atoms with Crippen molar-refractivity contribution < 1.29 is 0 Å². The average molecular weight is 366 g/mol. The molecule has 0 saturated carbocycles. The molecule has 1 aromatic carbocycles. The highest BCUT2D eigenvalue weighted by Gasteiger charge is 2.17. The first-order valence-corrected chi connectivity index (χ1v) is 9.78. The molecular weight excluding hydrogens is 344 g/mol. The van der Waals surface area contributed by atoms with E-state index in [2.05, 4.69) is 51.2 Å². The van der Waals surface area contributed by atoms with Crippen molar-refractivity contribution in [1.29, 1.82) is 0 Å². The van der Waals surface area contributed by atoms with Crippen molar-refractivity contribution in [3.63, 3.8) is 0 Å². The van der Waals surface area contributed by atoms with Gasteiger partial charge in [-0.25, -0.2) is 4.98 Å². The second-order valence-corrected chi connectivity index (χ2v) is 7.40. The molecule has 1 aliphatic heterocycles. The summed E-state index contributed by atoms with van der Waals surface area (Å²) in [6.07, 6.45) is 6.19. The van der Waals surface area contributed by atoms with Crippen molar-refractivity contribution in [2.45, 2.75) is 6.54 Å². The zero-order valence-electron chi connectivity index (χ0n) is 14.6. The number of aromatic nitrogens is 2. The van der Waals surface area contributed by atoms with E-state index in [0.717, 1.165) is 49.9 Å². The van der Waals surface area contributed by atoms with Gasteiger partial charge in [-0.15, -0.1) is 11.3 Å². The molecule has 0 N–H and O–H groups in total. The largest absolute Gasteiger partial charge is 0.297 e. The molecule has 1 aliphatic rings. The first kappa shape index (κ1) is 17.1. The Balaban J connectivity index is 1.29. The molecule has 1 fully saturated rings. The number of benzene rings is 1. The quantitative estimate of drug-likeness (QED) is 0.696. The van der Waals surface area contributed by atoms with Crippen LogP contribution >= 0.6 is 11.3 Å². The molecule has 0 aliphatic carbocycles. The van der Waals surface area contributed by atoms with Crippen LogP contribution < -0.4 is 5.56 Å². The van der Waals surface area contributed by atoms with Crippen molar-refractivity contribution in [1.82, 2.24) is 19.2 Å². The highest BCUT2D eigenvalue weighted by atomic mass is 32.1. The Labute approximate surface area is 156 Å². The van der Waals surface area contributed by atoms with Gasteiger partial charge in [0.25, 0.3) is 5.56 Å². The third-order valence-electron chi connectivity index (χ3n) is 4.68. The highest BCUT2D eigenvalue weighted by molar-refractivity contribution is 7.15. The Morgan fingerprint density at radius 3 is 2.65 bits per heavy atom. The van der Waals surface area contributed by atoms with Crippen LogP contribution in [0.2, 0.25) is 0 Å². The van der Waals surface area contributed by atoms with Gasteiger partial charge in [0.2, 0.25) is 0 Å². The molecule has 0 spiro atoms. The standard InChI is InChI=1S/C20H22N4OS/c25-19-15-18(21-20-24(19)13-14-26-20)16-23-11-9-22(10-12-23)8-4-7-17-5-2-1-3-6-17/h1-7,13-15H,8-12,16H2/b7-4+. The van der Waals surface area contributed by atoms with E-state index in [-0.39, 0.29) is 5.56 Å². The molecule has 0 bridgehead atoms. The summed E-state index contributed by atoms with van der Waals surface area (Å²) in [5, 5.41) is 1.90. The van der Waals surface area contributed by atoms with E-state index in [1.807, 2.05) is 11.4 Å². The van der Waals surface area contributed by atoms with Gasteiger partial charge in [-0.2, -0.15) is 0 Å². The van der Waals surface area contributed by atoms with E-state index in [1.54, 1.807) is 16.7 Å². The first-order chi connectivity index (χ1) is 12.8. The van der Waals surface area contributed by atoms with Crippen LogP contribution in [0.4, 0.5) is 0 Å². The SMILES string of the molecule is O=c1cc(CN2CCN(C/C=C/c3ccccc3)CC2)nc2sccn12. The number of hydrogen-bond donors (Lipinski definition) is 0. The van der Waals surface area contributed by atoms with Gasteiger partial charge in [-0.1, -0.05) is 42.5 Å². The monoisotopic (exact) mass is 366 g/mol. The molecule has 1 saturated heterocycles. The Morgan fingerprint density at radius 2 is 1.85 bits per heavy atom. The van der Waals surface area contributed by atoms with Gasteiger partial charge in [-0.05, 0) is 5.56 Å². The average Bonchev–Trinajstić information content (AvgIpc) is 3.13. The topological polar surface area (TPSA) is 40.9 Å². The number of nitrogens with zero attached hydrogens (tertiary/aromatic N) is 4. The maximum atomic E-state index is 12.1. The zero-order chi connectivity index (χ0) is 17.8. The fourth-order valence-electron chi connectivity index (χ4n) is 3.23. The maximum Gasteiger partial charge on any atom is 0.258 e. The predicted molar refractivity (Wildman–Crippen MR) is 107 cm³/mol. The summed E-state index contributed by atoms with van der Waals surface area (Å²) in [6.45, 7) is 5.81. The molecule has 134 valence electrons. The van der Waals surface area contributed by atoms with Gasteiger partial charge in [0.1, 0.15) is 0 Å². The van der Waals surface area contributed by atoms with Crippen LogP contribution in [0.3, 0.4) is 0 Å². The molecular formula is C20H22N4OS. The van der Waals surface area contributed by atoms with Gasteiger partial charge >= 0.3 is 0 Å². The van der Waals surface area contributed by atoms with Crippen molar-refractivity contribution in [2.75, 3.05) is 32.7 Å². The lowest BCUT2D eigenvalue weighted by Gasteiger charge is -2.33. The number of rotatable bonds is 5. The molecule has 2 aromatic heterocycles. The summed E-state index contributed by atoms with van der Waals surface area (Å²) in [4.78, 5) is 22.3. The predicted octanol–water partition coefficient (Wildman–Crippen LogP) is 2.59. The molecule has 26 heavy (non-hydrogen) atoms. The number of piperazine rings is 1. The summed E-state index contributed by atoms with van der Waals surface area (Å²) in [5.74, 6) is 0. The van der Waals surface area contributed by atoms with Crippen molar-refractivity contribution in [3.8, 4) is 0 Å². The summed E-state index contributed by atoms with van der Waals surface area (Å²) in [7, 11) is 0. The van der Waals surface area contributed by atoms with Gasteiger partial charge in [0.05, 0.1) is 5.69 Å². The van der Waals surface area contributed by atoms with E-state index < -0.39 is 0 Å². The van der Waals surface area contributed by atoms with Crippen LogP contribution in [0.5, 0.6) is 0 Å². The summed E-state index contributed by atoms with van der Waals surface area (Å²) < 4.78 is 1.60. The lowest BCUT2D eigenvalue weighted by molar-refractivity contribution is 0.136. The molecule has 3 aromatic rings. The fraction of sp³-hybridized carbons (Fsp3) is 0.300. The minimum atomic E-state index is 0.0101. The Morgan fingerprint density at radius 1 is 1.08 bits per heavy atom. The third kappa shape index (κ3) is 4.09. The van der Waals surface area contributed by atoms with E-state index >= 15 is 0 Å². The molecule has 0 radical (unpaired) electrons. The Kier molecular flexibility index (Phi) is 5.24. The lowest BCUT2D eigenvalue weighted by Crippen LogP contribution is -2.46. The van der Waals surface area contributed by atoms with Gasteiger partial charge in [0, 0.05) is 56.9 Å². The van der Waals surface area contributed by atoms with Gasteiger partial charge in [0.15, 0.2) is 4.96 Å². The highest BCUT2D eigenvalue weighted by Crippen LogP contribution is 2.10. The Bertz CT molecular complexity index is 939. The van der Waals surface area contributed by atoms with Crippen molar-refractivity contribution >= 4 is 22.4 Å². The summed E-state index contributed by atoms with van der Waals surface area (Å²) in [6, 6.07) is 12.1. The normalized spacial score (nSPS) is 16.6. The van der Waals surface area contributed by atoms with Crippen LogP contribution in [0, 0.1) is 0 Å². The first-order valence-electron chi connectivity index (χ1n) is 8.90. The molecule has 6 heteroatoms. The second kappa shape index (κ2) is 7.95. The molecule has 0 unspecified atom stereocenters. The van der Waals surface area contributed by atoms with Gasteiger partial charge in [-0.3, -0.25) is 19.0 Å². The summed E-state index contributed by atoms with van der Waals surface area (Å²) >= 11 is 1.50. The van der Waals surface area contributed by atoms with Crippen LogP contribution in [-0.4, -0.2) is 51.9 Å². The van der Waals surface area contributed by atoms with E-state index in [9.17, 15) is 4.79 Å². The fourth-order valence-corrected chi connectivity index (χ4v) is 3.97. The molecule has 4 rings (SSSR count). The van der Waals surface area contributed by atoms with E-state index in [1.165, 1.54) is 16.9 Å². The minimum absolute atomic E-state index is 0.0101. The van der Waals surface area contributed by atoms with Crippen LogP contribution in [0.1, 0.15) is 11.3 Å². The zero-order valence-corrected chi connectivity index (χ0v) is 15.4. The number of thiazole rings is 1. The van der Waals surface area contributed by atoms with E-state index in [0.29, 0.717) is 0 Å². The smallest absolute Gasteiger partial charge is 0.258 e. The molecule has 0 atom stereocenters. The van der Waals surface area contributed by atoms with Crippen LogP contribution in [0.15, 0.2) is 58.8 Å². The van der Waals surface area contributed by atoms with Crippen molar-refractivity contribution in [3.05, 3.63) is 75.7 Å². The van der Waals surface area contributed by atoms with E-state index in [4.69, 9.17) is 0 Å². The minimum Gasteiger partial charge on any atom is -0.297 e. The van der Waals surface area contributed by atoms with Crippen molar-refractivity contribution in [2.24, 2.45) is 0 Å². The summed E-state index contributed by atoms with van der Waals surface area (Å²) in [5.41, 5.74) is 2.12. The number of hydrogen-bond acceptors (Lipinski definition) is 5. The van der Waals surface area contributed by atoms with Crippen LogP contribution in [0.25, 0.3) is 11.0 Å².